The minimum atomic E-state index is -3.72. The molecule has 0 radical (unpaired) electrons. The summed E-state index contributed by atoms with van der Waals surface area (Å²) in [6.07, 6.45) is 2.21. The molecule has 2 aromatic rings. The number of nitrogens with zero attached hydrogens (tertiary/aromatic N) is 1. The van der Waals surface area contributed by atoms with E-state index in [0.717, 1.165) is 24.1 Å². The zero-order valence-electron chi connectivity index (χ0n) is 15.6. The van der Waals surface area contributed by atoms with Crippen LogP contribution in [-0.2, 0) is 21.2 Å². The van der Waals surface area contributed by atoms with E-state index in [1.165, 1.54) is 12.1 Å². The quantitative estimate of drug-likeness (QED) is 0.821. The molecule has 0 unspecified atom stereocenters. The van der Waals surface area contributed by atoms with Gasteiger partial charge in [0.2, 0.25) is 5.91 Å². The Kier molecular flexibility index (Phi) is 5.70. The highest BCUT2D eigenvalue weighted by Gasteiger charge is 2.23. The number of amides is 1. The van der Waals surface area contributed by atoms with Crippen molar-refractivity contribution in [1.82, 2.24) is 0 Å². The fourth-order valence-corrected chi connectivity index (χ4v) is 4.23. The largest absolute Gasteiger partial charge is 0.494 e. The lowest BCUT2D eigenvalue weighted by Gasteiger charge is -2.29. The topological polar surface area (TPSA) is 75.7 Å². The van der Waals surface area contributed by atoms with Gasteiger partial charge in [0, 0.05) is 18.7 Å². The summed E-state index contributed by atoms with van der Waals surface area (Å²) in [6, 6.07) is 11.7. The van der Waals surface area contributed by atoms with Crippen LogP contribution in [0.2, 0.25) is 0 Å². The van der Waals surface area contributed by atoms with Gasteiger partial charge in [-0.2, -0.15) is 0 Å². The van der Waals surface area contributed by atoms with Crippen LogP contribution in [-0.4, -0.2) is 27.5 Å². The van der Waals surface area contributed by atoms with Crippen molar-refractivity contribution >= 4 is 27.3 Å². The van der Waals surface area contributed by atoms with Crippen LogP contribution in [0.1, 0.15) is 32.3 Å². The first-order valence-corrected chi connectivity index (χ1v) is 10.6. The number of sulfonamides is 1. The number of benzene rings is 2. The summed E-state index contributed by atoms with van der Waals surface area (Å²) in [5.41, 5.74) is 2.30. The number of anilines is 2. The molecule has 0 bridgehead atoms. The Morgan fingerprint density at radius 3 is 2.56 bits per heavy atom. The van der Waals surface area contributed by atoms with Crippen LogP contribution in [0, 0.1) is 0 Å². The van der Waals surface area contributed by atoms with Gasteiger partial charge in [0.05, 0.1) is 17.2 Å². The van der Waals surface area contributed by atoms with Gasteiger partial charge in [-0.3, -0.25) is 9.52 Å². The van der Waals surface area contributed by atoms with Crippen molar-refractivity contribution in [2.45, 2.75) is 38.0 Å². The lowest BCUT2D eigenvalue weighted by Crippen LogP contribution is -2.35. The second-order valence-electron chi connectivity index (χ2n) is 6.36. The van der Waals surface area contributed by atoms with Gasteiger partial charge in [0.15, 0.2) is 0 Å². The number of hydrogen-bond acceptors (Lipinski definition) is 4. The maximum absolute atomic E-state index is 12.7. The highest BCUT2D eigenvalue weighted by Crippen LogP contribution is 2.31. The Morgan fingerprint density at radius 1 is 1.15 bits per heavy atom. The number of rotatable bonds is 6. The third kappa shape index (κ3) is 4.24. The van der Waals surface area contributed by atoms with E-state index >= 15 is 0 Å². The van der Waals surface area contributed by atoms with E-state index in [1.54, 1.807) is 29.2 Å². The number of hydrogen-bond donors (Lipinski definition) is 1. The Hall–Kier alpha value is -2.54. The molecule has 0 atom stereocenters. The van der Waals surface area contributed by atoms with Crippen molar-refractivity contribution < 1.29 is 17.9 Å². The smallest absolute Gasteiger partial charge is 0.261 e. The van der Waals surface area contributed by atoms with Crippen LogP contribution in [0.4, 0.5) is 11.4 Å². The van der Waals surface area contributed by atoms with Crippen molar-refractivity contribution in [3.63, 3.8) is 0 Å². The van der Waals surface area contributed by atoms with E-state index in [-0.39, 0.29) is 10.8 Å². The van der Waals surface area contributed by atoms with Gasteiger partial charge in [-0.25, -0.2) is 8.42 Å². The molecule has 144 valence electrons. The van der Waals surface area contributed by atoms with Crippen LogP contribution < -0.4 is 14.4 Å². The summed E-state index contributed by atoms with van der Waals surface area (Å²) < 4.78 is 33.3. The Balaban J connectivity index is 1.86. The van der Waals surface area contributed by atoms with E-state index < -0.39 is 10.0 Å². The molecule has 0 aromatic heterocycles. The summed E-state index contributed by atoms with van der Waals surface area (Å²) in [7, 11) is -3.72. The monoisotopic (exact) mass is 388 g/mol. The molecule has 0 fully saturated rings. The SMILES string of the molecule is CCOc1ccc(S(=O)(=O)Nc2ccc3c(c2)N(C(=O)CC)CCC3)cc1. The molecule has 0 aliphatic carbocycles. The summed E-state index contributed by atoms with van der Waals surface area (Å²) in [4.78, 5) is 14.1. The second kappa shape index (κ2) is 8.00. The maximum atomic E-state index is 12.7. The molecule has 1 amide bonds. The van der Waals surface area contributed by atoms with Gasteiger partial charge in [-0.05, 0) is 61.7 Å². The first-order valence-electron chi connectivity index (χ1n) is 9.13. The number of fused-ring (bicyclic) bond motifs is 1. The highest BCUT2D eigenvalue weighted by molar-refractivity contribution is 7.92. The molecule has 0 spiro atoms. The van der Waals surface area contributed by atoms with Gasteiger partial charge in [-0.1, -0.05) is 13.0 Å². The van der Waals surface area contributed by atoms with E-state index in [4.69, 9.17) is 4.74 Å². The van der Waals surface area contributed by atoms with E-state index in [0.29, 0.717) is 31.0 Å². The molecule has 27 heavy (non-hydrogen) atoms. The molecule has 1 aliphatic heterocycles. The van der Waals surface area contributed by atoms with Crippen LogP contribution >= 0.6 is 0 Å². The highest BCUT2D eigenvalue weighted by atomic mass is 32.2. The first-order chi connectivity index (χ1) is 12.9. The van der Waals surface area contributed by atoms with Crippen molar-refractivity contribution in [3.05, 3.63) is 48.0 Å². The second-order valence-corrected chi connectivity index (χ2v) is 8.04. The van der Waals surface area contributed by atoms with Crippen LogP contribution in [0.3, 0.4) is 0 Å². The third-order valence-electron chi connectivity index (χ3n) is 4.50. The number of aryl methyl sites for hydroxylation is 1. The molecule has 6 nitrogen and oxygen atoms in total. The van der Waals surface area contributed by atoms with Gasteiger partial charge in [-0.15, -0.1) is 0 Å². The number of nitrogens with one attached hydrogen (secondary N) is 1. The zero-order valence-corrected chi connectivity index (χ0v) is 16.4. The van der Waals surface area contributed by atoms with Gasteiger partial charge < -0.3 is 9.64 Å². The van der Waals surface area contributed by atoms with Gasteiger partial charge in [0.1, 0.15) is 5.75 Å². The van der Waals surface area contributed by atoms with Crippen molar-refractivity contribution in [2.24, 2.45) is 0 Å². The molecule has 1 aliphatic rings. The van der Waals surface area contributed by atoms with E-state index in [2.05, 4.69) is 4.72 Å². The molecule has 0 saturated carbocycles. The Labute approximate surface area is 160 Å². The lowest BCUT2D eigenvalue weighted by atomic mass is 10.0. The molecular weight excluding hydrogens is 364 g/mol. The normalized spacial score (nSPS) is 13.8. The number of carbonyl (C=O) groups excluding carboxylic acids is 1. The fourth-order valence-electron chi connectivity index (χ4n) is 3.18. The molecule has 3 rings (SSSR count). The molecule has 1 N–H and O–H groups in total. The summed E-state index contributed by atoms with van der Waals surface area (Å²) in [6.45, 7) is 4.88. The predicted octanol–water partition coefficient (Wildman–Crippen LogP) is 3.58. The molecule has 7 heteroatoms. The Morgan fingerprint density at radius 2 is 1.89 bits per heavy atom. The summed E-state index contributed by atoms with van der Waals surface area (Å²) >= 11 is 0. The van der Waals surface area contributed by atoms with Crippen LogP contribution in [0.15, 0.2) is 47.4 Å². The molecular formula is C20H24N2O4S. The van der Waals surface area contributed by atoms with E-state index in [1.807, 2.05) is 19.9 Å². The minimum Gasteiger partial charge on any atom is -0.494 e. The lowest BCUT2D eigenvalue weighted by molar-refractivity contribution is -0.118. The van der Waals surface area contributed by atoms with Crippen molar-refractivity contribution in [1.29, 1.82) is 0 Å². The number of ether oxygens (including phenoxy) is 1. The van der Waals surface area contributed by atoms with Crippen molar-refractivity contribution in [2.75, 3.05) is 22.8 Å². The molecule has 0 saturated heterocycles. The van der Waals surface area contributed by atoms with Crippen LogP contribution in [0.5, 0.6) is 5.75 Å². The maximum Gasteiger partial charge on any atom is 0.261 e. The van der Waals surface area contributed by atoms with Crippen molar-refractivity contribution in [3.8, 4) is 5.75 Å². The minimum absolute atomic E-state index is 0.0440. The van der Waals surface area contributed by atoms with Crippen LogP contribution in [0.25, 0.3) is 0 Å². The van der Waals surface area contributed by atoms with E-state index in [9.17, 15) is 13.2 Å². The fraction of sp³-hybridized carbons (Fsp3) is 0.350. The molecule has 1 heterocycles. The van der Waals surface area contributed by atoms with Gasteiger partial charge in [0.25, 0.3) is 10.0 Å². The molecule has 2 aromatic carbocycles. The Bertz CT molecular complexity index is 923. The standard InChI is InChI=1S/C20H24N2O4S/c1-3-20(23)22-13-5-6-15-7-8-16(14-19(15)22)21-27(24,25)18-11-9-17(10-12-18)26-4-2/h7-12,14,21H,3-6,13H2,1-2H3. The summed E-state index contributed by atoms with van der Waals surface area (Å²) in [5, 5.41) is 0. The average molecular weight is 388 g/mol. The van der Waals surface area contributed by atoms with Gasteiger partial charge >= 0.3 is 0 Å². The zero-order chi connectivity index (χ0) is 19.4. The predicted molar refractivity (Wildman–Crippen MR) is 106 cm³/mol. The average Bonchev–Trinajstić information content (AvgIpc) is 2.67. The summed E-state index contributed by atoms with van der Waals surface area (Å²) in [5.74, 6) is 0.668. The first kappa shape index (κ1) is 19.2. The number of carbonyl (C=O) groups is 1. The third-order valence-corrected chi connectivity index (χ3v) is 5.90.